The fraction of sp³-hybridized carbons (Fsp3) is 0.517. The number of carbonyl (C=O) groups is 2. The quantitative estimate of drug-likeness (QED) is 0.152. The van der Waals surface area contributed by atoms with Crippen molar-refractivity contribution < 1.29 is 34.1 Å². The molecular formula is C29H38ClN3O7. The average molecular weight is 576 g/mol. The summed E-state index contributed by atoms with van der Waals surface area (Å²) in [7, 11) is 0. The lowest BCUT2D eigenvalue weighted by Crippen LogP contribution is -2.37. The second-order valence-electron chi connectivity index (χ2n) is 9.78. The number of aromatic hydroxyl groups is 2. The molecule has 0 spiro atoms. The standard InChI is InChI=1S/C29H38ClN3O7/c1-20-9-6-11-22(38-16-8-13-31-2)12-7-10-21(32-39-19-26(36)33-14-4-3-5-15-33)17-23-27(29(37)40-20)24(34)18-25(35)28(23)30/h6-7,10-11,18,20,22,34-35H,2-5,8-9,12-17,19H2,1H3/b10-7+,11-6+,32-21+/t20-,22?/m1/s1. The first-order chi connectivity index (χ1) is 19.3. The molecular weight excluding hydrogens is 538 g/mol. The minimum atomic E-state index is -0.790. The number of halogens is 1. The van der Waals surface area contributed by atoms with Crippen LogP contribution in [0.1, 0.15) is 61.4 Å². The Hall–Kier alpha value is -3.37. The number of allylic oxidation sites excluding steroid dienone is 1. The largest absolute Gasteiger partial charge is 0.507 e. The molecule has 3 rings (SSSR count). The minimum Gasteiger partial charge on any atom is -0.507 e. The van der Waals surface area contributed by atoms with E-state index in [4.69, 9.17) is 25.9 Å². The Balaban J connectivity index is 1.90. The minimum absolute atomic E-state index is 0.0830. The number of phenols is 2. The van der Waals surface area contributed by atoms with E-state index < -0.39 is 23.6 Å². The van der Waals surface area contributed by atoms with Crippen LogP contribution in [0, 0.1) is 0 Å². The fourth-order valence-electron chi connectivity index (χ4n) is 4.45. The second-order valence-corrected chi connectivity index (χ2v) is 10.2. The van der Waals surface area contributed by atoms with Gasteiger partial charge < -0.3 is 34.4 Å². The van der Waals surface area contributed by atoms with Crippen molar-refractivity contribution in [1.29, 1.82) is 0 Å². The van der Waals surface area contributed by atoms with Crippen LogP contribution in [0.2, 0.25) is 5.02 Å². The first kappa shape index (κ1) is 31.2. The first-order valence-corrected chi connectivity index (χ1v) is 14.0. The zero-order valence-corrected chi connectivity index (χ0v) is 23.6. The number of hydrogen-bond acceptors (Lipinski definition) is 9. The molecule has 218 valence electrons. The Kier molecular flexibility index (Phi) is 12.5. The number of aliphatic imine (C=N–C) groups is 1. The molecule has 2 heterocycles. The molecule has 1 unspecified atom stereocenters. The van der Waals surface area contributed by atoms with Crippen molar-refractivity contribution in [3.63, 3.8) is 0 Å². The fourth-order valence-corrected chi connectivity index (χ4v) is 4.66. The highest BCUT2D eigenvalue weighted by atomic mass is 35.5. The van der Waals surface area contributed by atoms with Crippen LogP contribution in [0.4, 0.5) is 0 Å². The summed E-state index contributed by atoms with van der Waals surface area (Å²) in [5, 5.41) is 24.9. The van der Waals surface area contributed by atoms with Gasteiger partial charge in [0.15, 0.2) is 6.61 Å². The molecule has 10 nitrogen and oxygen atoms in total. The van der Waals surface area contributed by atoms with Crippen molar-refractivity contribution in [2.24, 2.45) is 10.1 Å². The third-order valence-electron chi connectivity index (χ3n) is 6.56. The number of carbonyl (C=O) groups excluding carboxylic acids is 2. The maximum absolute atomic E-state index is 13.1. The molecule has 1 fully saturated rings. The number of hydrogen-bond donors (Lipinski definition) is 2. The zero-order chi connectivity index (χ0) is 28.9. The number of likely N-dealkylation sites (tertiary alicyclic amines) is 1. The Morgan fingerprint density at radius 3 is 2.73 bits per heavy atom. The van der Waals surface area contributed by atoms with Gasteiger partial charge in [0.25, 0.3) is 5.91 Å². The summed E-state index contributed by atoms with van der Waals surface area (Å²) in [5.41, 5.74) is 0.275. The number of oxime groups is 1. The topological polar surface area (TPSA) is 130 Å². The van der Waals surface area contributed by atoms with E-state index >= 15 is 0 Å². The summed E-state index contributed by atoms with van der Waals surface area (Å²) in [4.78, 5) is 36.7. The molecule has 2 aliphatic heterocycles. The van der Waals surface area contributed by atoms with Crippen molar-refractivity contribution in [2.45, 2.75) is 64.1 Å². The van der Waals surface area contributed by atoms with E-state index in [0.717, 1.165) is 31.7 Å². The van der Waals surface area contributed by atoms with E-state index in [9.17, 15) is 19.8 Å². The summed E-state index contributed by atoms with van der Waals surface area (Å²) in [6, 6.07) is 1.00. The predicted octanol–water partition coefficient (Wildman–Crippen LogP) is 4.61. The highest BCUT2D eigenvalue weighted by Crippen LogP contribution is 2.37. The van der Waals surface area contributed by atoms with E-state index in [0.29, 0.717) is 44.8 Å². The average Bonchev–Trinajstić information content (AvgIpc) is 2.93. The van der Waals surface area contributed by atoms with Crippen molar-refractivity contribution >= 4 is 35.9 Å². The van der Waals surface area contributed by atoms with E-state index in [1.54, 1.807) is 17.9 Å². The lowest BCUT2D eigenvalue weighted by Gasteiger charge is -2.26. The van der Waals surface area contributed by atoms with Crippen LogP contribution >= 0.6 is 11.6 Å². The lowest BCUT2D eigenvalue weighted by molar-refractivity contribution is -0.137. The molecule has 1 aromatic carbocycles. The monoisotopic (exact) mass is 575 g/mol. The van der Waals surface area contributed by atoms with E-state index in [1.807, 2.05) is 18.2 Å². The highest BCUT2D eigenvalue weighted by Gasteiger charge is 2.26. The van der Waals surface area contributed by atoms with Crippen LogP contribution in [0.3, 0.4) is 0 Å². The smallest absolute Gasteiger partial charge is 0.342 e. The van der Waals surface area contributed by atoms with Gasteiger partial charge in [-0.1, -0.05) is 35.0 Å². The third-order valence-corrected chi connectivity index (χ3v) is 6.98. The molecule has 0 bridgehead atoms. The van der Waals surface area contributed by atoms with E-state index in [-0.39, 0.29) is 41.2 Å². The maximum Gasteiger partial charge on any atom is 0.342 e. The van der Waals surface area contributed by atoms with Gasteiger partial charge in [0, 0.05) is 45.1 Å². The molecule has 1 amide bonds. The number of esters is 1. The number of nitrogens with zero attached hydrogens (tertiary/aromatic N) is 3. The second kappa shape index (κ2) is 16.0. The first-order valence-electron chi connectivity index (χ1n) is 13.6. The predicted molar refractivity (Wildman–Crippen MR) is 153 cm³/mol. The van der Waals surface area contributed by atoms with Gasteiger partial charge in [0.2, 0.25) is 0 Å². The van der Waals surface area contributed by atoms with Crippen molar-refractivity contribution in [3.05, 3.63) is 46.5 Å². The van der Waals surface area contributed by atoms with Gasteiger partial charge in [-0.25, -0.2) is 4.79 Å². The van der Waals surface area contributed by atoms with Crippen LogP contribution in [-0.2, 0) is 25.5 Å². The zero-order valence-electron chi connectivity index (χ0n) is 22.9. The molecule has 1 aromatic rings. The number of benzene rings is 1. The summed E-state index contributed by atoms with van der Waals surface area (Å²) in [6.07, 6.45) is 11.2. The Labute approximate surface area is 239 Å². The van der Waals surface area contributed by atoms with Gasteiger partial charge in [-0.15, -0.1) is 0 Å². The number of fused-ring (bicyclic) bond motifs is 1. The molecule has 2 N–H and O–H groups in total. The number of ether oxygens (including phenoxy) is 2. The number of piperidine rings is 1. The summed E-state index contributed by atoms with van der Waals surface area (Å²) in [5.74, 6) is -1.81. The van der Waals surface area contributed by atoms with Gasteiger partial charge in [-0.2, -0.15) is 0 Å². The Morgan fingerprint density at radius 1 is 1.20 bits per heavy atom. The van der Waals surface area contributed by atoms with Gasteiger partial charge in [-0.3, -0.25) is 4.79 Å². The van der Waals surface area contributed by atoms with Crippen molar-refractivity contribution in [2.75, 3.05) is 32.8 Å². The lowest BCUT2D eigenvalue weighted by atomic mass is 9.99. The Bertz CT molecular complexity index is 1130. The van der Waals surface area contributed by atoms with Crippen LogP contribution in [0.15, 0.2) is 40.5 Å². The third kappa shape index (κ3) is 9.38. The van der Waals surface area contributed by atoms with Gasteiger partial charge >= 0.3 is 5.97 Å². The van der Waals surface area contributed by atoms with Gasteiger partial charge in [-0.05, 0) is 57.4 Å². The summed E-state index contributed by atoms with van der Waals surface area (Å²) >= 11 is 6.40. The van der Waals surface area contributed by atoms with Gasteiger partial charge in [0.05, 0.1) is 16.8 Å². The highest BCUT2D eigenvalue weighted by molar-refractivity contribution is 6.33. The molecule has 2 aliphatic rings. The molecule has 40 heavy (non-hydrogen) atoms. The normalized spacial score (nSPS) is 23.0. The number of rotatable bonds is 8. The summed E-state index contributed by atoms with van der Waals surface area (Å²) in [6.45, 7) is 7.46. The van der Waals surface area contributed by atoms with Gasteiger partial charge in [0.1, 0.15) is 23.2 Å². The molecule has 0 radical (unpaired) electrons. The molecule has 0 aliphatic carbocycles. The number of cyclic esters (lactones) is 1. The van der Waals surface area contributed by atoms with Crippen LogP contribution in [-0.4, -0.2) is 84.5 Å². The van der Waals surface area contributed by atoms with E-state index in [2.05, 4.69) is 16.9 Å². The molecule has 1 saturated heterocycles. The maximum atomic E-state index is 13.1. The van der Waals surface area contributed by atoms with Crippen LogP contribution in [0.5, 0.6) is 11.5 Å². The Morgan fingerprint density at radius 2 is 1.98 bits per heavy atom. The summed E-state index contributed by atoms with van der Waals surface area (Å²) < 4.78 is 11.6. The molecule has 0 aromatic heterocycles. The van der Waals surface area contributed by atoms with E-state index in [1.165, 1.54) is 0 Å². The number of phenolic OH excluding ortho intramolecular Hbond substituents is 2. The molecule has 11 heteroatoms. The number of amides is 1. The van der Waals surface area contributed by atoms with Crippen molar-refractivity contribution in [1.82, 2.24) is 4.90 Å². The molecule has 0 saturated carbocycles. The van der Waals surface area contributed by atoms with Crippen LogP contribution < -0.4 is 0 Å². The molecule has 2 atom stereocenters. The SMILES string of the molecule is C=NCCCOC1/C=C/C[C@@H](C)OC(=O)c2c(O)cc(O)c(Cl)c2CC(=N/OCC(=O)N2CCCCC2)/C=C/C1. The van der Waals surface area contributed by atoms with Crippen molar-refractivity contribution in [3.8, 4) is 11.5 Å². The van der Waals surface area contributed by atoms with Crippen LogP contribution in [0.25, 0.3) is 0 Å².